The molecule has 6 heteroatoms. The second-order valence-electron chi connectivity index (χ2n) is 3.61. The van der Waals surface area contributed by atoms with E-state index in [2.05, 4.69) is 10.3 Å². The molecule has 92 valence electrons. The fourth-order valence-electron chi connectivity index (χ4n) is 1.62. The van der Waals surface area contributed by atoms with Crippen LogP contribution in [0.4, 0.5) is 0 Å². The van der Waals surface area contributed by atoms with Crippen molar-refractivity contribution in [2.45, 2.75) is 6.92 Å². The van der Waals surface area contributed by atoms with Gasteiger partial charge in [0.25, 0.3) is 0 Å². The molecule has 0 aliphatic carbocycles. The Balaban J connectivity index is 2.45. The summed E-state index contributed by atoms with van der Waals surface area (Å²) in [5.74, 6) is -0.557. The minimum Gasteiger partial charge on any atom is -0.410 e. The summed E-state index contributed by atoms with van der Waals surface area (Å²) in [5.41, 5.74) is 1.78. The highest BCUT2D eigenvalue weighted by Gasteiger charge is 2.19. The number of carbonyl (C=O) groups excluding carboxylic acids is 1. The predicted octanol–water partition coefficient (Wildman–Crippen LogP) is 2.39. The molecule has 18 heavy (non-hydrogen) atoms. The van der Waals surface area contributed by atoms with Gasteiger partial charge in [-0.3, -0.25) is 4.79 Å². The average molecular weight is 264 g/mol. The van der Waals surface area contributed by atoms with E-state index < -0.39 is 11.0 Å². The number of oxime groups is 1. The number of hydrogen-bond acceptors (Lipinski definition) is 4. The maximum Gasteiger partial charge on any atom is 0.229 e. The molecule has 0 unspecified atom stereocenters. The number of benzene rings is 1. The van der Waals surface area contributed by atoms with Crippen LogP contribution in [0.15, 0.2) is 41.7 Å². The van der Waals surface area contributed by atoms with Crippen molar-refractivity contribution in [2.75, 3.05) is 0 Å². The summed E-state index contributed by atoms with van der Waals surface area (Å²) in [7, 11) is 0. The van der Waals surface area contributed by atoms with Gasteiger partial charge in [-0.2, -0.15) is 5.10 Å². The summed E-state index contributed by atoms with van der Waals surface area (Å²) in [6, 6.07) is 9.38. The molecule has 0 amide bonds. The molecule has 5 nitrogen and oxygen atoms in total. The monoisotopic (exact) mass is 263 g/mol. The minimum absolute atomic E-state index is 0.307. The number of ketones is 1. The first kappa shape index (κ1) is 12.3. The van der Waals surface area contributed by atoms with Gasteiger partial charge in [-0.05, 0) is 19.1 Å². The predicted molar refractivity (Wildman–Crippen MR) is 67.7 cm³/mol. The fraction of sp³-hybridized carbons (Fsp3) is 0.0833. The van der Waals surface area contributed by atoms with Crippen LogP contribution in [0.1, 0.15) is 16.1 Å². The molecule has 0 bridgehead atoms. The quantitative estimate of drug-likeness (QED) is 0.400. The van der Waals surface area contributed by atoms with Gasteiger partial charge >= 0.3 is 0 Å². The molecule has 1 aromatic heterocycles. The zero-order valence-corrected chi connectivity index (χ0v) is 10.3. The highest BCUT2D eigenvalue weighted by Crippen LogP contribution is 2.15. The number of nitrogens with zero attached hydrogens (tertiary/aromatic N) is 3. The summed E-state index contributed by atoms with van der Waals surface area (Å²) >= 11 is 5.49. The molecule has 0 radical (unpaired) electrons. The average Bonchev–Trinajstić information content (AvgIpc) is 2.80. The first-order valence-electron chi connectivity index (χ1n) is 5.17. The van der Waals surface area contributed by atoms with E-state index in [4.69, 9.17) is 16.8 Å². The van der Waals surface area contributed by atoms with E-state index in [9.17, 15) is 4.79 Å². The molecule has 0 saturated carbocycles. The number of halogens is 1. The number of rotatable bonds is 3. The third kappa shape index (κ3) is 2.12. The number of carbonyl (C=O) groups is 1. The largest absolute Gasteiger partial charge is 0.410 e. The summed E-state index contributed by atoms with van der Waals surface area (Å²) < 4.78 is 1.62. The number of aromatic nitrogens is 2. The van der Waals surface area contributed by atoms with E-state index in [-0.39, 0.29) is 0 Å². The summed E-state index contributed by atoms with van der Waals surface area (Å²) in [6.45, 7) is 1.74. The lowest BCUT2D eigenvalue weighted by molar-refractivity contribution is 0.106. The van der Waals surface area contributed by atoms with Crippen LogP contribution in [0.2, 0.25) is 0 Å². The second-order valence-corrected chi connectivity index (χ2v) is 3.97. The van der Waals surface area contributed by atoms with Crippen molar-refractivity contribution >= 4 is 22.6 Å². The highest BCUT2D eigenvalue weighted by molar-refractivity contribution is 6.84. The van der Waals surface area contributed by atoms with Crippen LogP contribution in [0, 0.1) is 6.92 Å². The number of para-hydroxylation sites is 1. The summed E-state index contributed by atoms with van der Waals surface area (Å²) in [6.07, 6.45) is 1.40. The zero-order valence-electron chi connectivity index (χ0n) is 9.54. The zero-order chi connectivity index (χ0) is 13.1. The van der Waals surface area contributed by atoms with E-state index >= 15 is 0 Å². The van der Waals surface area contributed by atoms with Gasteiger partial charge in [0.05, 0.1) is 23.1 Å². The first-order chi connectivity index (χ1) is 8.65. The highest BCUT2D eigenvalue weighted by atomic mass is 35.5. The van der Waals surface area contributed by atoms with Gasteiger partial charge in [0, 0.05) is 0 Å². The standard InChI is InChI=1S/C12H10ClN3O2/c1-8-10(11(17)12(13)15-18)7-14-16(8)9-5-3-2-4-6-9/h2-7,18H,1H3/b15-12-. The number of Topliss-reactive ketones (excluding diaryl/α,β-unsaturated/α-hetero) is 1. The van der Waals surface area contributed by atoms with Crippen LogP contribution in [0.3, 0.4) is 0 Å². The molecule has 0 aliphatic heterocycles. The molecule has 2 rings (SSSR count). The van der Waals surface area contributed by atoms with Crippen molar-refractivity contribution in [3.63, 3.8) is 0 Å². The molecule has 0 aliphatic rings. The van der Waals surface area contributed by atoms with Gasteiger partial charge in [0.1, 0.15) is 0 Å². The maximum atomic E-state index is 11.8. The molecule has 1 N–H and O–H groups in total. The summed E-state index contributed by atoms with van der Waals surface area (Å²) in [5, 5.41) is 14.8. The van der Waals surface area contributed by atoms with Crippen LogP contribution < -0.4 is 0 Å². The molecule has 2 aromatic rings. The molecule has 0 spiro atoms. The van der Waals surface area contributed by atoms with Gasteiger partial charge in [0.2, 0.25) is 11.0 Å². The van der Waals surface area contributed by atoms with E-state index in [1.54, 1.807) is 11.6 Å². The third-order valence-electron chi connectivity index (χ3n) is 2.53. The van der Waals surface area contributed by atoms with Crippen molar-refractivity contribution in [2.24, 2.45) is 5.16 Å². The van der Waals surface area contributed by atoms with Crippen molar-refractivity contribution in [3.05, 3.63) is 47.8 Å². The van der Waals surface area contributed by atoms with Crippen molar-refractivity contribution in [1.29, 1.82) is 0 Å². The topological polar surface area (TPSA) is 67.5 Å². The Morgan fingerprint density at radius 2 is 2.06 bits per heavy atom. The normalized spacial score (nSPS) is 11.6. The third-order valence-corrected chi connectivity index (χ3v) is 2.78. The Labute approximate surface area is 108 Å². The Morgan fingerprint density at radius 3 is 2.67 bits per heavy atom. The summed E-state index contributed by atoms with van der Waals surface area (Å²) in [4.78, 5) is 11.8. The SMILES string of the molecule is Cc1c(C(=O)/C(Cl)=N/O)cnn1-c1ccccc1. The lowest BCUT2D eigenvalue weighted by Crippen LogP contribution is -2.09. The fourth-order valence-corrected chi connectivity index (χ4v) is 1.72. The second kappa shape index (κ2) is 5.01. The molecule has 1 aromatic carbocycles. The van der Waals surface area contributed by atoms with Crippen LogP contribution in [-0.2, 0) is 0 Å². The minimum atomic E-state index is -0.557. The van der Waals surface area contributed by atoms with Crippen LogP contribution in [-0.4, -0.2) is 25.9 Å². The Hall–Kier alpha value is -2.14. The van der Waals surface area contributed by atoms with Crippen LogP contribution >= 0.6 is 11.6 Å². The van der Waals surface area contributed by atoms with E-state index in [1.165, 1.54) is 6.20 Å². The van der Waals surface area contributed by atoms with Crippen molar-refractivity contribution in [1.82, 2.24) is 9.78 Å². The number of hydrogen-bond donors (Lipinski definition) is 1. The molecular formula is C12H10ClN3O2. The van der Waals surface area contributed by atoms with E-state index in [0.717, 1.165) is 5.69 Å². The maximum absolute atomic E-state index is 11.8. The molecule has 0 atom stereocenters. The van der Waals surface area contributed by atoms with Crippen LogP contribution in [0.25, 0.3) is 5.69 Å². The van der Waals surface area contributed by atoms with Gasteiger partial charge in [0.15, 0.2) is 0 Å². The Morgan fingerprint density at radius 1 is 1.39 bits per heavy atom. The van der Waals surface area contributed by atoms with E-state index in [0.29, 0.717) is 11.3 Å². The smallest absolute Gasteiger partial charge is 0.229 e. The van der Waals surface area contributed by atoms with Crippen LogP contribution in [0.5, 0.6) is 0 Å². The van der Waals surface area contributed by atoms with Gasteiger partial charge in [-0.15, -0.1) is 0 Å². The lowest BCUT2D eigenvalue weighted by Gasteiger charge is -2.04. The molecule has 0 saturated heterocycles. The molecular weight excluding hydrogens is 254 g/mol. The van der Waals surface area contributed by atoms with Gasteiger partial charge < -0.3 is 5.21 Å². The van der Waals surface area contributed by atoms with Gasteiger partial charge in [-0.1, -0.05) is 35.0 Å². The van der Waals surface area contributed by atoms with E-state index in [1.807, 2.05) is 30.3 Å². The molecule has 1 heterocycles. The Kier molecular flexibility index (Phi) is 3.43. The molecule has 0 fully saturated rings. The Bertz CT molecular complexity index is 605. The lowest BCUT2D eigenvalue weighted by atomic mass is 10.2. The van der Waals surface area contributed by atoms with Crippen molar-refractivity contribution in [3.8, 4) is 5.69 Å². The first-order valence-corrected chi connectivity index (χ1v) is 5.55. The van der Waals surface area contributed by atoms with Gasteiger partial charge in [-0.25, -0.2) is 4.68 Å². The van der Waals surface area contributed by atoms with Crippen molar-refractivity contribution < 1.29 is 10.0 Å².